The van der Waals surface area contributed by atoms with Crippen molar-refractivity contribution in [2.75, 3.05) is 6.61 Å². The highest BCUT2D eigenvalue weighted by molar-refractivity contribution is 6.30. The summed E-state index contributed by atoms with van der Waals surface area (Å²) in [5.74, 6) is 0.130. The van der Waals surface area contributed by atoms with Crippen LogP contribution in [0.25, 0.3) is 0 Å². The fourth-order valence-electron chi connectivity index (χ4n) is 1.58. The van der Waals surface area contributed by atoms with Crippen molar-refractivity contribution in [2.45, 2.75) is 0 Å². The first-order valence-corrected chi connectivity index (χ1v) is 6.10. The number of benzene rings is 2. The van der Waals surface area contributed by atoms with Gasteiger partial charge in [0.2, 0.25) is 0 Å². The number of Topliss-reactive ketones (excluding diaryl/α,β-unsaturated/α-hetero) is 1. The van der Waals surface area contributed by atoms with Gasteiger partial charge in [-0.05, 0) is 18.2 Å². The second kappa shape index (κ2) is 6.16. The first-order valence-electron chi connectivity index (χ1n) is 5.72. The Morgan fingerprint density at radius 3 is 2.65 bits per heavy atom. The van der Waals surface area contributed by atoms with Crippen LogP contribution in [-0.4, -0.2) is 17.3 Å². The number of nitro groups is 1. The molecule has 0 aliphatic rings. The number of hydrogen-bond acceptors (Lipinski definition) is 4. The van der Waals surface area contributed by atoms with Crippen LogP contribution in [0.1, 0.15) is 10.4 Å². The molecule has 5 nitrogen and oxygen atoms in total. The Morgan fingerprint density at radius 1 is 1.20 bits per heavy atom. The van der Waals surface area contributed by atoms with E-state index in [0.717, 1.165) is 0 Å². The Balaban J connectivity index is 2.05. The van der Waals surface area contributed by atoms with Gasteiger partial charge in [0.05, 0.1) is 4.92 Å². The van der Waals surface area contributed by atoms with Crippen molar-refractivity contribution in [3.05, 3.63) is 69.2 Å². The van der Waals surface area contributed by atoms with Gasteiger partial charge in [-0.2, -0.15) is 0 Å². The molecule has 0 aliphatic carbocycles. The van der Waals surface area contributed by atoms with Gasteiger partial charge in [-0.25, -0.2) is 0 Å². The molecule has 0 heterocycles. The summed E-state index contributed by atoms with van der Waals surface area (Å²) in [7, 11) is 0. The van der Waals surface area contributed by atoms with Crippen molar-refractivity contribution in [1.82, 2.24) is 0 Å². The van der Waals surface area contributed by atoms with E-state index in [0.29, 0.717) is 10.8 Å². The molecule has 0 aromatic heterocycles. The minimum atomic E-state index is -0.547. The van der Waals surface area contributed by atoms with Gasteiger partial charge in [-0.15, -0.1) is 0 Å². The molecular formula is C14H10ClNO4. The molecule has 0 amide bonds. The molecule has 0 bridgehead atoms. The number of carbonyl (C=O) groups excluding carboxylic acids is 1. The lowest BCUT2D eigenvalue weighted by Crippen LogP contribution is -2.11. The lowest BCUT2D eigenvalue weighted by molar-refractivity contribution is -0.384. The quantitative estimate of drug-likeness (QED) is 0.480. The topological polar surface area (TPSA) is 69.4 Å². The molecule has 2 aromatic carbocycles. The van der Waals surface area contributed by atoms with Crippen LogP contribution in [0, 0.1) is 10.1 Å². The summed E-state index contributed by atoms with van der Waals surface area (Å²) < 4.78 is 5.30. The first kappa shape index (κ1) is 14.0. The molecule has 2 rings (SSSR count). The number of rotatable bonds is 5. The van der Waals surface area contributed by atoms with Gasteiger partial charge in [-0.3, -0.25) is 14.9 Å². The van der Waals surface area contributed by atoms with Gasteiger partial charge in [0, 0.05) is 22.7 Å². The fourth-order valence-corrected chi connectivity index (χ4v) is 1.76. The molecular weight excluding hydrogens is 282 g/mol. The van der Waals surface area contributed by atoms with Crippen molar-refractivity contribution < 1.29 is 14.5 Å². The van der Waals surface area contributed by atoms with Crippen molar-refractivity contribution in [3.8, 4) is 5.75 Å². The zero-order valence-electron chi connectivity index (χ0n) is 10.3. The third kappa shape index (κ3) is 3.55. The maximum Gasteiger partial charge on any atom is 0.270 e. The Bertz CT molecular complexity index is 657. The summed E-state index contributed by atoms with van der Waals surface area (Å²) in [6.45, 7) is -0.207. The van der Waals surface area contributed by atoms with E-state index >= 15 is 0 Å². The number of hydrogen-bond donors (Lipinski definition) is 0. The summed E-state index contributed by atoms with van der Waals surface area (Å²) in [6, 6.07) is 12.2. The monoisotopic (exact) mass is 291 g/mol. The van der Waals surface area contributed by atoms with Crippen molar-refractivity contribution in [2.24, 2.45) is 0 Å². The minimum absolute atomic E-state index is 0.126. The summed E-state index contributed by atoms with van der Waals surface area (Å²) >= 11 is 5.79. The van der Waals surface area contributed by atoms with Crippen molar-refractivity contribution in [3.63, 3.8) is 0 Å². The lowest BCUT2D eigenvalue weighted by atomic mass is 10.1. The highest BCUT2D eigenvalue weighted by Crippen LogP contribution is 2.18. The van der Waals surface area contributed by atoms with Gasteiger partial charge >= 0.3 is 0 Å². The van der Waals surface area contributed by atoms with E-state index in [2.05, 4.69) is 0 Å². The Morgan fingerprint density at radius 2 is 1.95 bits per heavy atom. The van der Waals surface area contributed by atoms with Crippen LogP contribution in [0.5, 0.6) is 5.75 Å². The van der Waals surface area contributed by atoms with Crippen LogP contribution in [0.4, 0.5) is 5.69 Å². The van der Waals surface area contributed by atoms with Crippen molar-refractivity contribution >= 4 is 23.1 Å². The van der Waals surface area contributed by atoms with Gasteiger partial charge in [0.15, 0.2) is 12.4 Å². The number of ketones is 1. The molecule has 0 aliphatic heterocycles. The minimum Gasteiger partial charge on any atom is -0.485 e. The van der Waals surface area contributed by atoms with E-state index in [4.69, 9.17) is 16.3 Å². The molecule has 102 valence electrons. The zero-order chi connectivity index (χ0) is 14.5. The summed E-state index contributed by atoms with van der Waals surface area (Å²) in [6.07, 6.45) is 0. The highest BCUT2D eigenvalue weighted by atomic mass is 35.5. The number of carbonyl (C=O) groups is 1. The molecule has 0 spiro atoms. The number of non-ortho nitro benzene ring substituents is 1. The summed E-state index contributed by atoms with van der Waals surface area (Å²) in [4.78, 5) is 22.0. The second-order valence-corrected chi connectivity index (χ2v) is 4.41. The van der Waals surface area contributed by atoms with E-state index in [9.17, 15) is 14.9 Å². The van der Waals surface area contributed by atoms with Gasteiger partial charge < -0.3 is 4.74 Å². The Labute approximate surface area is 119 Å². The average Bonchev–Trinajstić information content (AvgIpc) is 2.45. The summed E-state index contributed by atoms with van der Waals surface area (Å²) in [5.41, 5.74) is 0.111. The number of halogens is 1. The van der Waals surface area contributed by atoms with Gasteiger partial charge in [0.1, 0.15) is 5.75 Å². The predicted octanol–water partition coefficient (Wildman–Crippen LogP) is 3.51. The SMILES string of the molecule is O=C(COc1cccc(Cl)c1)c1cccc([N+](=O)[O-])c1. The van der Waals surface area contributed by atoms with Crippen LogP contribution < -0.4 is 4.74 Å². The molecule has 0 radical (unpaired) electrons. The van der Waals surface area contributed by atoms with E-state index in [1.54, 1.807) is 24.3 Å². The number of nitrogens with zero attached hydrogens (tertiary/aromatic N) is 1. The van der Waals surface area contributed by atoms with Gasteiger partial charge in [0.25, 0.3) is 5.69 Å². The normalized spacial score (nSPS) is 10.1. The maximum atomic E-state index is 11.9. The molecule has 0 unspecified atom stereocenters. The first-order chi connectivity index (χ1) is 9.56. The largest absolute Gasteiger partial charge is 0.485 e. The van der Waals surface area contributed by atoms with Crippen LogP contribution >= 0.6 is 11.6 Å². The number of nitro benzene ring substituents is 1. The standard InChI is InChI=1S/C14H10ClNO4/c15-11-4-2-6-13(8-11)20-9-14(17)10-3-1-5-12(7-10)16(18)19/h1-8H,9H2. The Hall–Kier alpha value is -2.40. The van der Waals surface area contributed by atoms with Crippen molar-refractivity contribution in [1.29, 1.82) is 0 Å². The van der Waals surface area contributed by atoms with E-state index in [1.165, 1.54) is 24.3 Å². The molecule has 2 aromatic rings. The zero-order valence-corrected chi connectivity index (χ0v) is 11.0. The molecule has 6 heteroatoms. The highest BCUT2D eigenvalue weighted by Gasteiger charge is 2.12. The smallest absolute Gasteiger partial charge is 0.270 e. The van der Waals surface area contributed by atoms with Crippen LogP contribution in [-0.2, 0) is 0 Å². The third-order valence-corrected chi connectivity index (χ3v) is 2.78. The predicted molar refractivity (Wildman–Crippen MR) is 74.4 cm³/mol. The molecule has 20 heavy (non-hydrogen) atoms. The summed E-state index contributed by atoms with van der Waals surface area (Å²) in [5, 5.41) is 11.1. The third-order valence-electron chi connectivity index (χ3n) is 2.54. The van der Waals surface area contributed by atoms with Crippen LogP contribution in [0.2, 0.25) is 5.02 Å². The van der Waals surface area contributed by atoms with E-state index < -0.39 is 4.92 Å². The Kier molecular flexibility index (Phi) is 4.32. The van der Waals surface area contributed by atoms with Crippen LogP contribution in [0.15, 0.2) is 48.5 Å². The maximum absolute atomic E-state index is 11.9. The molecule has 0 atom stereocenters. The number of ether oxygens (including phenoxy) is 1. The van der Waals surface area contributed by atoms with Crippen LogP contribution in [0.3, 0.4) is 0 Å². The molecule has 0 saturated carbocycles. The molecule has 0 N–H and O–H groups in total. The van der Waals surface area contributed by atoms with E-state index in [-0.39, 0.29) is 23.6 Å². The van der Waals surface area contributed by atoms with Gasteiger partial charge in [-0.1, -0.05) is 29.8 Å². The van der Waals surface area contributed by atoms with E-state index in [1.807, 2.05) is 0 Å². The average molecular weight is 292 g/mol. The fraction of sp³-hybridized carbons (Fsp3) is 0.0714. The molecule has 0 fully saturated rings. The molecule has 0 saturated heterocycles. The lowest BCUT2D eigenvalue weighted by Gasteiger charge is -2.05. The second-order valence-electron chi connectivity index (χ2n) is 3.98.